The van der Waals surface area contributed by atoms with Crippen molar-refractivity contribution in [3.8, 4) is 0 Å². The summed E-state index contributed by atoms with van der Waals surface area (Å²) < 4.78 is 0. The molecule has 0 amide bonds. The quantitative estimate of drug-likeness (QED) is 0.566. The lowest BCUT2D eigenvalue weighted by molar-refractivity contribution is -0.0183. The van der Waals surface area contributed by atoms with Crippen molar-refractivity contribution < 1.29 is 0 Å². The Balaban J connectivity index is 2.14. The highest BCUT2D eigenvalue weighted by Gasteiger charge is 2.49. The second kappa shape index (κ2) is 8.65. The number of hydrogen-bond donors (Lipinski definition) is 0. The first kappa shape index (κ1) is 19.5. The van der Waals surface area contributed by atoms with Crippen molar-refractivity contribution in [1.29, 1.82) is 0 Å². The van der Waals surface area contributed by atoms with Gasteiger partial charge in [0, 0.05) is 37.3 Å². The Morgan fingerprint density at radius 2 is 1.48 bits per heavy atom. The van der Waals surface area contributed by atoms with E-state index in [1.165, 1.54) is 11.1 Å². The Kier molecular flexibility index (Phi) is 6.26. The number of nitrogens with zero attached hydrogens (tertiary/aromatic N) is 2. The number of hydrogen-bond acceptors (Lipinski definition) is 2. The van der Waals surface area contributed by atoms with Gasteiger partial charge >= 0.3 is 0 Å². The van der Waals surface area contributed by atoms with Crippen molar-refractivity contribution in [3.05, 3.63) is 84.2 Å². The van der Waals surface area contributed by atoms with Crippen LogP contribution in [0.5, 0.6) is 0 Å². The Hall–Kier alpha value is -2.22. The molecule has 2 aromatic carbocycles. The largest absolute Gasteiger partial charge is 0.353 e. The highest BCUT2D eigenvalue weighted by Crippen LogP contribution is 2.45. The van der Waals surface area contributed by atoms with Crippen LogP contribution < -0.4 is 0 Å². The average molecular weight is 363 g/mol. The predicted octanol–water partition coefficient (Wildman–Crippen LogP) is 6.03. The van der Waals surface area contributed by atoms with E-state index in [2.05, 4.69) is 111 Å². The maximum atomic E-state index is 2.61. The summed E-state index contributed by atoms with van der Waals surface area (Å²) in [6.45, 7) is 10.3. The van der Waals surface area contributed by atoms with E-state index in [0.29, 0.717) is 12.0 Å². The van der Waals surface area contributed by atoms with Gasteiger partial charge in [-0.25, -0.2) is 0 Å². The molecular weight excluding hydrogens is 328 g/mol. The predicted molar refractivity (Wildman–Crippen MR) is 115 cm³/mol. The fraction of sp³-hybridized carbons (Fsp3) is 0.440. The molecule has 1 aliphatic rings. The normalized spacial score (nSPS) is 20.5. The van der Waals surface area contributed by atoms with Crippen LogP contribution in [0.1, 0.15) is 57.6 Å². The summed E-state index contributed by atoms with van der Waals surface area (Å²) >= 11 is 0. The summed E-state index contributed by atoms with van der Waals surface area (Å²) in [4.78, 5) is 5.22. The zero-order chi connectivity index (χ0) is 19.3. The second-order valence-electron chi connectivity index (χ2n) is 7.90. The van der Waals surface area contributed by atoms with Gasteiger partial charge in [0.05, 0.1) is 0 Å². The van der Waals surface area contributed by atoms with Gasteiger partial charge < -0.3 is 9.80 Å². The third kappa shape index (κ3) is 3.76. The SMILES string of the molecule is CCCN1C=CN(C(C)C)C1(Cc1ccccc1)C(CC)c1ccccc1. The summed E-state index contributed by atoms with van der Waals surface area (Å²) in [5, 5.41) is 0. The molecule has 2 unspecified atom stereocenters. The molecule has 3 rings (SSSR count). The molecule has 2 heteroatoms. The van der Waals surface area contributed by atoms with E-state index in [4.69, 9.17) is 0 Å². The molecule has 0 saturated carbocycles. The molecule has 0 saturated heterocycles. The van der Waals surface area contributed by atoms with Crippen molar-refractivity contribution in [2.45, 2.75) is 64.6 Å². The van der Waals surface area contributed by atoms with E-state index in [0.717, 1.165) is 25.8 Å². The molecule has 0 aliphatic carbocycles. The molecule has 0 N–H and O–H groups in total. The van der Waals surface area contributed by atoms with Crippen LogP contribution in [0.25, 0.3) is 0 Å². The van der Waals surface area contributed by atoms with Gasteiger partial charge in [-0.3, -0.25) is 0 Å². The Morgan fingerprint density at radius 3 is 2.04 bits per heavy atom. The third-order valence-corrected chi connectivity index (χ3v) is 5.85. The Bertz CT molecular complexity index is 723. The molecule has 0 aromatic heterocycles. The fourth-order valence-corrected chi connectivity index (χ4v) is 4.79. The highest BCUT2D eigenvalue weighted by atomic mass is 15.4. The average Bonchev–Trinajstić information content (AvgIpc) is 3.03. The lowest BCUT2D eigenvalue weighted by Crippen LogP contribution is -2.60. The fourth-order valence-electron chi connectivity index (χ4n) is 4.79. The van der Waals surface area contributed by atoms with Crippen molar-refractivity contribution in [2.75, 3.05) is 6.54 Å². The van der Waals surface area contributed by atoms with Crippen LogP contribution in [-0.2, 0) is 6.42 Å². The van der Waals surface area contributed by atoms with Crippen LogP contribution in [0.3, 0.4) is 0 Å². The molecule has 1 aliphatic heterocycles. The van der Waals surface area contributed by atoms with Crippen LogP contribution in [0.15, 0.2) is 73.1 Å². The summed E-state index contributed by atoms with van der Waals surface area (Å²) in [6, 6.07) is 22.5. The van der Waals surface area contributed by atoms with E-state index in [1.54, 1.807) is 0 Å². The molecule has 27 heavy (non-hydrogen) atoms. The lowest BCUT2D eigenvalue weighted by atomic mass is 9.77. The summed E-state index contributed by atoms with van der Waals surface area (Å²) in [5.41, 5.74) is 2.77. The van der Waals surface area contributed by atoms with E-state index in [1.807, 2.05) is 0 Å². The molecule has 2 atom stereocenters. The molecule has 0 bridgehead atoms. The number of rotatable bonds is 8. The van der Waals surface area contributed by atoms with Gasteiger partial charge in [-0.1, -0.05) is 74.5 Å². The molecule has 0 spiro atoms. The Labute approximate surface area is 165 Å². The second-order valence-corrected chi connectivity index (χ2v) is 7.90. The van der Waals surface area contributed by atoms with Gasteiger partial charge in [0.1, 0.15) is 5.66 Å². The smallest absolute Gasteiger partial charge is 0.123 e. The summed E-state index contributed by atoms with van der Waals surface area (Å²) in [6.07, 6.45) is 7.94. The zero-order valence-corrected chi connectivity index (χ0v) is 17.3. The molecule has 1 heterocycles. The minimum absolute atomic E-state index is 0.0678. The van der Waals surface area contributed by atoms with E-state index in [-0.39, 0.29) is 5.66 Å². The minimum atomic E-state index is -0.0678. The van der Waals surface area contributed by atoms with Crippen molar-refractivity contribution in [2.24, 2.45) is 0 Å². The molecule has 2 nitrogen and oxygen atoms in total. The van der Waals surface area contributed by atoms with Crippen molar-refractivity contribution >= 4 is 0 Å². The minimum Gasteiger partial charge on any atom is -0.353 e. The highest BCUT2D eigenvalue weighted by molar-refractivity contribution is 5.30. The first-order valence-corrected chi connectivity index (χ1v) is 10.5. The first-order chi connectivity index (χ1) is 13.1. The van der Waals surface area contributed by atoms with Gasteiger partial charge in [0.15, 0.2) is 0 Å². The van der Waals surface area contributed by atoms with E-state index < -0.39 is 0 Å². The van der Waals surface area contributed by atoms with Crippen LogP contribution in [0, 0.1) is 0 Å². The molecule has 0 radical (unpaired) electrons. The monoisotopic (exact) mass is 362 g/mol. The maximum absolute atomic E-state index is 2.61. The van der Waals surface area contributed by atoms with Gasteiger partial charge in [-0.2, -0.15) is 0 Å². The van der Waals surface area contributed by atoms with Crippen molar-refractivity contribution in [3.63, 3.8) is 0 Å². The molecule has 0 fully saturated rings. The molecule has 2 aromatic rings. The van der Waals surface area contributed by atoms with E-state index in [9.17, 15) is 0 Å². The van der Waals surface area contributed by atoms with E-state index >= 15 is 0 Å². The van der Waals surface area contributed by atoms with Gasteiger partial charge in [0.2, 0.25) is 0 Å². The zero-order valence-electron chi connectivity index (χ0n) is 17.3. The van der Waals surface area contributed by atoms with Gasteiger partial charge in [-0.15, -0.1) is 0 Å². The van der Waals surface area contributed by atoms with Crippen LogP contribution in [0.2, 0.25) is 0 Å². The van der Waals surface area contributed by atoms with Crippen molar-refractivity contribution in [1.82, 2.24) is 9.80 Å². The first-order valence-electron chi connectivity index (χ1n) is 10.5. The lowest BCUT2D eigenvalue weighted by Gasteiger charge is -2.52. The molecule has 144 valence electrons. The topological polar surface area (TPSA) is 6.48 Å². The van der Waals surface area contributed by atoms with Gasteiger partial charge in [-0.05, 0) is 37.8 Å². The maximum Gasteiger partial charge on any atom is 0.123 e. The summed E-state index contributed by atoms with van der Waals surface area (Å²) in [5.74, 6) is 0.433. The summed E-state index contributed by atoms with van der Waals surface area (Å²) in [7, 11) is 0. The Morgan fingerprint density at radius 1 is 0.852 bits per heavy atom. The van der Waals surface area contributed by atoms with Crippen LogP contribution >= 0.6 is 0 Å². The third-order valence-electron chi connectivity index (χ3n) is 5.85. The van der Waals surface area contributed by atoms with Gasteiger partial charge in [0.25, 0.3) is 0 Å². The van der Waals surface area contributed by atoms with Crippen LogP contribution in [0.4, 0.5) is 0 Å². The standard InChI is InChI=1S/C25H34N2/c1-5-17-26-18-19-27(21(3)4)25(26,20-22-13-9-7-10-14-22)24(6-2)23-15-11-8-12-16-23/h7-16,18-19,21,24H,5-6,17,20H2,1-4H3. The number of benzene rings is 2. The molecular formula is C25H34N2. The van der Waals surface area contributed by atoms with Crippen LogP contribution in [-0.4, -0.2) is 28.0 Å².